The summed E-state index contributed by atoms with van der Waals surface area (Å²) >= 11 is 10.2. The van der Waals surface area contributed by atoms with Crippen molar-refractivity contribution in [2.24, 2.45) is 0 Å². The van der Waals surface area contributed by atoms with E-state index in [1.807, 2.05) is 42.5 Å². The molecule has 0 atom stereocenters. The molecule has 0 aromatic heterocycles. The van der Waals surface area contributed by atoms with Gasteiger partial charge >= 0.3 is 0 Å². The Hall–Kier alpha value is -0.850. The quantitative estimate of drug-likeness (QED) is 0.669. The summed E-state index contributed by atoms with van der Waals surface area (Å²) in [6.07, 6.45) is 0. The van der Waals surface area contributed by atoms with Crippen LogP contribution in [0.5, 0.6) is 0 Å². The van der Waals surface area contributed by atoms with Gasteiger partial charge in [-0.3, -0.25) is 4.79 Å². The molecule has 20 heavy (non-hydrogen) atoms. The molecule has 0 aliphatic carbocycles. The van der Waals surface area contributed by atoms with E-state index in [1.165, 1.54) is 0 Å². The number of carbonyl (C=O) groups excluding carboxylic acids is 1. The molecule has 0 aliphatic rings. The molecule has 104 valence electrons. The molecule has 0 aliphatic heterocycles. The molecule has 2 rings (SSSR count). The first-order chi connectivity index (χ1) is 9.54. The Balaban J connectivity index is 1.94. The van der Waals surface area contributed by atoms with Crippen molar-refractivity contribution < 1.29 is 4.79 Å². The molecule has 0 heterocycles. The van der Waals surface area contributed by atoms with Gasteiger partial charge in [0, 0.05) is 24.8 Å². The van der Waals surface area contributed by atoms with Crippen molar-refractivity contribution in [2.75, 3.05) is 17.2 Å². The first kappa shape index (κ1) is 15.5. The van der Waals surface area contributed by atoms with Gasteiger partial charge in [0.1, 0.15) is 0 Å². The first-order valence-corrected chi connectivity index (χ1v) is 8.17. The van der Waals surface area contributed by atoms with Crippen molar-refractivity contribution in [3.8, 4) is 0 Å². The predicted molar refractivity (Wildman–Crippen MR) is 93.1 cm³/mol. The Bertz CT molecular complexity index is 632. The number of nitrogens with one attached hydrogen (secondary N) is 2. The average molecular weight is 463 g/mol. The maximum Gasteiger partial charge on any atom is 0.243 e. The number of rotatable bonds is 4. The minimum atomic E-state index is -0.102. The fraction of sp³-hybridized carbons (Fsp3) is 0.0714. The summed E-state index contributed by atoms with van der Waals surface area (Å²) in [7, 11) is 0. The summed E-state index contributed by atoms with van der Waals surface area (Å²) in [6, 6.07) is 13.2. The third kappa shape index (κ3) is 4.61. The SMILES string of the molecule is O=C(CNc1cc(Br)ccc1Br)Nc1cccc(Br)c1. The Morgan fingerprint density at radius 1 is 1.00 bits per heavy atom. The van der Waals surface area contributed by atoms with E-state index in [-0.39, 0.29) is 12.5 Å². The molecule has 3 nitrogen and oxygen atoms in total. The minimum absolute atomic E-state index is 0.102. The second-order valence-corrected chi connectivity index (χ2v) is 6.72. The number of amides is 1. The highest BCUT2D eigenvalue weighted by Crippen LogP contribution is 2.26. The van der Waals surface area contributed by atoms with Gasteiger partial charge in [0.05, 0.1) is 6.54 Å². The normalized spacial score (nSPS) is 10.2. The fourth-order valence-corrected chi connectivity index (χ4v) is 2.73. The van der Waals surface area contributed by atoms with Gasteiger partial charge in [-0.2, -0.15) is 0 Å². The lowest BCUT2D eigenvalue weighted by atomic mass is 10.3. The molecule has 0 radical (unpaired) electrons. The van der Waals surface area contributed by atoms with E-state index in [9.17, 15) is 4.79 Å². The Labute approximate surface area is 142 Å². The lowest BCUT2D eigenvalue weighted by Gasteiger charge is -2.10. The summed E-state index contributed by atoms with van der Waals surface area (Å²) in [4.78, 5) is 11.9. The third-order valence-electron chi connectivity index (χ3n) is 2.48. The number of hydrogen-bond donors (Lipinski definition) is 2. The zero-order valence-electron chi connectivity index (χ0n) is 10.3. The topological polar surface area (TPSA) is 41.1 Å². The molecule has 6 heteroatoms. The van der Waals surface area contributed by atoms with Gasteiger partial charge in [-0.1, -0.05) is 37.9 Å². The van der Waals surface area contributed by atoms with Crippen LogP contribution in [0.1, 0.15) is 0 Å². The van der Waals surface area contributed by atoms with Crippen LogP contribution in [-0.2, 0) is 4.79 Å². The van der Waals surface area contributed by atoms with Crippen molar-refractivity contribution in [3.63, 3.8) is 0 Å². The molecule has 2 aromatic rings. The summed E-state index contributed by atoms with van der Waals surface area (Å²) < 4.78 is 2.80. The molecule has 2 N–H and O–H groups in total. The Kier molecular flexibility index (Phi) is 5.63. The predicted octanol–water partition coefficient (Wildman–Crippen LogP) is 5.02. The van der Waals surface area contributed by atoms with Crippen LogP contribution in [0.2, 0.25) is 0 Å². The number of benzene rings is 2. The molecule has 0 saturated carbocycles. The van der Waals surface area contributed by atoms with E-state index in [1.54, 1.807) is 0 Å². The highest BCUT2D eigenvalue weighted by atomic mass is 79.9. The van der Waals surface area contributed by atoms with Crippen molar-refractivity contribution in [3.05, 3.63) is 55.9 Å². The molecule has 1 amide bonds. The average Bonchev–Trinajstić information content (AvgIpc) is 2.40. The van der Waals surface area contributed by atoms with E-state index < -0.39 is 0 Å². The van der Waals surface area contributed by atoms with Crippen LogP contribution in [-0.4, -0.2) is 12.5 Å². The number of halogens is 3. The molecular formula is C14H11Br3N2O. The van der Waals surface area contributed by atoms with Gasteiger partial charge in [0.15, 0.2) is 0 Å². The molecule has 2 aromatic carbocycles. The van der Waals surface area contributed by atoms with Crippen LogP contribution in [0.25, 0.3) is 0 Å². The Morgan fingerprint density at radius 2 is 1.75 bits per heavy atom. The molecular weight excluding hydrogens is 452 g/mol. The van der Waals surface area contributed by atoms with Gasteiger partial charge in [-0.15, -0.1) is 0 Å². The monoisotopic (exact) mass is 460 g/mol. The van der Waals surface area contributed by atoms with Crippen molar-refractivity contribution in [2.45, 2.75) is 0 Å². The zero-order valence-corrected chi connectivity index (χ0v) is 15.0. The minimum Gasteiger partial charge on any atom is -0.375 e. The molecule has 0 unspecified atom stereocenters. The fourth-order valence-electron chi connectivity index (χ4n) is 1.58. The van der Waals surface area contributed by atoms with E-state index >= 15 is 0 Å². The standard InChI is InChI=1S/C14H11Br3N2O/c15-9-2-1-3-11(6-9)19-14(20)8-18-13-7-10(16)4-5-12(13)17/h1-7,18H,8H2,(H,19,20). The highest BCUT2D eigenvalue weighted by Gasteiger charge is 2.05. The van der Waals surface area contributed by atoms with Gasteiger partial charge in [-0.25, -0.2) is 0 Å². The van der Waals surface area contributed by atoms with E-state index in [2.05, 4.69) is 58.4 Å². The second-order valence-electron chi connectivity index (χ2n) is 4.04. The van der Waals surface area contributed by atoms with Gasteiger partial charge < -0.3 is 10.6 Å². The summed E-state index contributed by atoms with van der Waals surface area (Å²) in [6.45, 7) is 0.196. The number of carbonyl (C=O) groups is 1. The van der Waals surface area contributed by atoms with Crippen molar-refractivity contribution >= 4 is 65.1 Å². The zero-order chi connectivity index (χ0) is 14.5. The van der Waals surface area contributed by atoms with Crippen molar-refractivity contribution in [1.82, 2.24) is 0 Å². The summed E-state index contributed by atoms with van der Waals surface area (Å²) in [5.74, 6) is -0.102. The van der Waals surface area contributed by atoms with E-state index in [4.69, 9.17) is 0 Å². The lowest BCUT2D eigenvalue weighted by Crippen LogP contribution is -2.21. The van der Waals surface area contributed by atoms with Crippen molar-refractivity contribution in [1.29, 1.82) is 0 Å². The molecule has 0 bridgehead atoms. The maximum atomic E-state index is 11.9. The highest BCUT2D eigenvalue weighted by molar-refractivity contribution is 9.11. The van der Waals surface area contributed by atoms with Crippen LogP contribution in [0.3, 0.4) is 0 Å². The van der Waals surface area contributed by atoms with E-state index in [0.717, 1.165) is 24.8 Å². The number of anilines is 2. The van der Waals surface area contributed by atoms with E-state index in [0.29, 0.717) is 0 Å². The smallest absolute Gasteiger partial charge is 0.243 e. The largest absolute Gasteiger partial charge is 0.375 e. The second kappa shape index (κ2) is 7.24. The van der Waals surface area contributed by atoms with Crippen LogP contribution in [0.4, 0.5) is 11.4 Å². The first-order valence-electron chi connectivity index (χ1n) is 5.79. The van der Waals surface area contributed by atoms with Gasteiger partial charge in [-0.05, 0) is 52.3 Å². The summed E-state index contributed by atoms with van der Waals surface area (Å²) in [5.41, 5.74) is 1.63. The van der Waals surface area contributed by atoms with Crippen LogP contribution >= 0.6 is 47.8 Å². The third-order valence-corrected chi connectivity index (χ3v) is 4.15. The Morgan fingerprint density at radius 3 is 2.50 bits per heavy atom. The van der Waals surface area contributed by atoms with Gasteiger partial charge in [0.25, 0.3) is 0 Å². The molecule has 0 fully saturated rings. The van der Waals surface area contributed by atoms with Crippen LogP contribution in [0, 0.1) is 0 Å². The van der Waals surface area contributed by atoms with Crippen LogP contribution < -0.4 is 10.6 Å². The maximum absolute atomic E-state index is 11.9. The summed E-state index contributed by atoms with van der Waals surface area (Å²) in [5, 5.41) is 5.92. The number of hydrogen-bond acceptors (Lipinski definition) is 2. The van der Waals surface area contributed by atoms with Gasteiger partial charge in [0.2, 0.25) is 5.91 Å². The lowest BCUT2D eigenvalue weighted by molar-refractivity contribution is -0.114. The molecule has 0 saturated heterocycles. The molecule has 0 spiro atoms. The van der Waals surface area contributed by atoms with Crippen LogP contribution in [0.15, 0.2) is 55.9 Å².